The number of nitrogens with one attached hydrogen (secondary N) is 1. The fraction of sp³-hybridized carbons (Fsp3) is 0.333. The maximum Gasteiger partial charge on any atom is 0.237 e. The van der Waals surface area contributed by atoms with E-state index in [-0.39, 0.29) is 5.75 Å². The van der Waals surface area contributed by atoms with Gasteiger partial charge in [-0.3, -0.25) is 4.79 Å². The number of aromatic nitrogens is 1. The van der Waals surface area contributed by atoms with Gasteiger partial charge in [0.05, 0.1) is 16.3 Å². The largest absolute Gasteiger partial charge is 0.358 e. The highest BCUT2D eigenvalue weighted by Crippen LogP contribution is 2.28. The molecule has 8 heteroatoms. The molecular formula is C12H14N2O3S3. The Bertz CT molecular complexity index is 689. The molecule has 0 unspecified atom stereocenters. The number of carbonyl (C=O) groups is 1. The summed E-state index contributed by atoms with van der Waals surface area (Å²) >= 11 is 2.96. The molecule has 1 atom stereocenters. The smallest absolute Gasteiger partial charge is 0.237 e. The van der Waals surface area contributed by atoms with Crippen molar-refractivity contribution in [1.82, 2.24) is 10.3 Å². The summed E-state index contributed by atoms with van der Waals surface area (Å²) < 4.78 is 24.2. The van der Waals surface area contributed by atoms with Gasteiger partial charge in [0.25, 0.3) is 0 Å². The quantitative estimate of drug-likeness (QED) is 0.909. The molecule has 0 aliphatic carbocycles. The Morgan fingerprint density at radius 3 is 2.80 bits per heavy atom. The molecule has 0 fully saturated rings. The maximum atomic E-state index is 12.1. The van der Waals surface area contributed by atoms with Crippen LogP contribution >= 0.6 is 22.7 Å². The third kappa shape index (κ3) is 3.25. The molecule has 2 rings (SSSR count). The maximum absolute atomic E-state index is 12.1. The van der Waals surface area contributed by atoms with Gasteiger partial charge < -0.3 is 5.32 Å². The molecule has 2 aromatic rings. The van der Waals surface area contributed by atoms with Gasteiger partial charge in [-0.25, -0.2) is 13.4 Å². The van der Waals surface area contributed by atoms with Crippen molar-refractivity contribution in [2.75, 3.05) is 7.05 Å². The van der Waals surface area contributed by atoms with Crippen molar-refractivity contribution in [2.24, 2.45) is 0 Å². The van der Waals surface area contributed by atoms with Crippen LogP contribution in [0, 0.1) is 0 Å². The van der Waals surface area contributed by atoms with Crippen molar-refractivity contribution in [3.05, 3.63) is 28.6 Å². The van der Waals surface area contributed by atoms with E-state index in [2.05, 4.69) is 10.3 Å². The fourth-order valence-electron chi connectivity index (χ4n) is 1.58. The molecule has 108 valence electrons. The summed E-state index contributed by atoms with van der Waals surface area (Å²) in [6.07, 6.45) is 0. The lowest BCUT2D eigenvalue weighted by Crippen LogP contribution is -2.36. The van der Waals surface area contributed by atoms with Crippen molar-refractivity contribution in [3.63, 3.8) is 0 Å². The number of carbonyl (C=O) groups excluding carboxylic acids is 1. The Hall–Kier alpha value is -1.25. The second-order valence-electron chi connectivity index (χ2n) is 4.18. The number of hydrogen-bond acceptors (Lipinski definition) is 6. The van der Waals surface area contributed by atoms with Crippen LogP contribution in [0.1, 0.15) is 12.6 Å². The van der Waals surface area contributed by atoms with E-state index in [1.807, 2.05) is 17.5 Å². The van der Waals surface area contributed by atoms with Crippen LogP contribution in [-0.2, 0) is 20.4 Å². The van der Waals surface area contributed by atoms with E-state index < -0.39 is 21.0 Å². The summed E-state index contributed by atoms with van der Waals surface area (Å²) in [5.74, 6) is -0.720. The summed E-state index contributed by atoms with van der Waals surface area (Å²) in [5, 5.41) is 5.75. The normalized spacial score (nSPS) is 13.1. The van der Waals surface area contributed by atoms with E-state index in [0.29, 0.717) is 5.69 Å². The Morgan fingerprint density at radius 2 is 2.20 bits per heavy atom. The first kappa shape index (κ1) is 15.1. The minimum atomic E-state index is -3.54. The molecule has 0 aromatic carbocycles. The van der Waals surface area contributed by atoms with E-state index in [1.165, 1.54) is 25.3 Å². The zero-order valence-corrected chi connectivity index (χ0v) is 13.4. The van der Waals surface area contributed by atoms with E-state index in [4.69, 9.17) is 0 Å². The average molecular weight is 330 g/mol. The van der Waals surface area contributed by atoms with Crippen LogP contribution in [0.4, 0.5) is 0 Å². The molecular weight excluding hydrogens is 316 g/mol. The zero-order valence-electron chi connectivity index (χ0n) is 11.0. The van der Waals surface area contributed by atoms with E-state index in [1.54, 1.807) is 16.7 Å². The van der Waals surface area contributed by atoms with Gasteiger partial charge in [0.1, 0.15) is 10.3 Å². The van der Waals surface area contributed by atoms with Gasteiger partial charge in [-0.05, 0) is 18.4 Å². The summed E-state index contributed by atoms with van der Waals surface area (Å²) in [6.45, 7) is 1.39. The SMILES string of the molecule is CNC(=O)[C@@H](C)S(=O)(=O)Cc1csc(-c2cccs2)n1. The monoisotopic (exact) mass is 330 g/mol. The molecule has 0 radical (unpaired) electrons. The molecule has 0 spiro atoms. The lowest BCUT2D eigenvalue weighted by atomic mass is 10.4. The molecule has 1 amide bonds. The van der Waals surface area contributed by atoms with Crippen LogP contribution in [0.5, 0.6) is 0 Å². The summed E-state index contributed by atoms with van der Waals surface area (Å²) in [4.78, 5) is 16.8. The average Bonchev–Trinajstić information content (AvgIpc) is 3.06. The minimum absolute atomic E-state index is 0.219. The molecule has 2 aromatic heterocycles. The number of thiophene rings is 1. The van der Waals surface area contributed by atoms with E-state index in [9.17, 15) is 13.2 Å². The van der Waals surface area contributed by atoms with Gasteiger partial charge >= 0.3 is 0 Å². The first-order chi connectivity index (χ1) is 9.44. The molecule has 0 saturated carbocycles. The van der Waals surface area contributed by atoms with Crippen molar-refractivity contribution in [2.45, 2.75) is 17.9 Å². The van der Waals surface area contributed by atoms with Crippen LogP contribution in [0.3, 0.4) is 0 Å². The third-order valence-electron chi connectivity index (χ3n) is 2.79. The van der Waals surface area contributed by atoms with Gasteiger partial charge in [-0.15, -0.1) is 22.7 Å². The number of thiazole rings is 1. The number of nitrogens with zero attached hydrogens (tertiary/aromatic N) is 1. The van der Waals surface area contributed by atoms with Crippen LogP contribution in [0.25, 0.3) is 9.88 Å². The highest BCUT2D eigenvalue weighted by molar-refractivity contribution is 7.92. The molecule has 5 nitrogen and oxygen atoms in total. The van der Waals surface area contributed by atoms with Crippen molar-refractivity contribution in [1.29, 1.82) is 0 Å². The second kappa shape index (κ2) is 6.02. The van der Waals surface area contributed by atoms with Crippen molar-refractivity contribution < 1.29 is 13.2 Å². The first-order valence-electron chi connectivity index (χ1n) is 5.85. The molecule has 0 bridgehead atoms. The fourth-order valence-corrected chi connectivity index (χ4v) is 4.58. The van der Waals surface area contributed by atoms with Crippen LogP contribution in [-0.4, -0.2) is 31.6 Å². The van der Waals surface area contributed by atoms with E-state index in [0.717, 1.165) is 9.88 Å². The molecule has 20 heavy (non-hydrogen) atoms. The van der Waals surface area contributed by atoms with E-state index >= 15 is 0 Å². The summed E-state index contributed by atoms with van der Waals surface area (Å²) in [7, 11) is -2.12. The van der Waals surface area contributed by atoms with Crippen molar-refractivity contribution in [3.8, 4) is 9.88 Å². The molecule has 2 heterocycles. The van der Waals surface area contributed by atoms with Crippen LogP contribution < -0.4 is 5.32 Å². The number of sulfone groups is 1. The summed E-state index contributed by atoms with van der Waals surface area (Å²) in [6, 6.07) is 3.86. The lowest BCUT2D eigenvalue weighted by Gasteiger charge is -2.09. The number of rotatable bonds is 5. The minimum Gasteiger partial charge on any atom is -0.358 e. The number of amides is 1. The predicted octanol–water partition coefficient (Wildman–Crippen LogP) is 1.92. The Morgan fingerprint density at radius 1 is 1.45 bits per heavy atom. The van der Waals surface area contributed by atoms with Gasteiger partial charge in [-0.1, -0.05) is 6.07 Å². The standard InChI is InChI=1S/C12H14N2O3S3/c1-8(11(15)13-2)20(16,17)7-9-6-19-12(14-9)10-4-3-5-18-10/h3-6,8H,7H2,1-2H3,(H,13,15)/t8-/m1/s1. The molecule has 0 aliphatic rings. The molecule has 0 aliphatic heterocycles. The highest BCUT2D eigenvalue weighted by atomic mass is 32.2. The highest BCUT2D eigenvalue weighted by Gasteiger charge is 2.28. The van der Waals surface area contributed by atoms with Gasteiger partial charge in [0, 0.05) is 12.4 Å². The Kier molecular flexibility index (Phi) is 4.56. The lowest BCUT2D eigenvalue weighted by molar-refractivity contribution is -0.119. The van der Waals surface area contributed by atoms with Crippen molar-refractivity contribution >= 4 is 38.4 Å². The summed E-state index contributed by atoms with van der Waals surface area (Å²) in [5.41, 5.74) is 0.481. The Balaban J connectivity index is 2.16. The van der Waals surface area contributed by atoms with Gasteiger partial charge in [0.15, 0.2) is 9.84 Å². The Labute approximate surface area is 125 Å². The van der Waals surface area contributed by atoms with Gasteiger partial charge in [0.2, 0.25) is 5.91 Å². The predicted molar refractivity (Wildman–Crippen MR) is 81.6 cm³/mol. The van der Waals surface area contributed by atoms with Gasteiger partial charge in [-0.2, -0.15) is 0 Å². The second-order valence-corrected chi connectivity index (χ2v) is 8.31. The number of hydrogen-bond donors (Lipinski definition) is 1. The van der Waals surface area contributed by atoms with Crippen LogP contribution in [0.15, 0.2) is 22.9 Å². The molecule has 0 saturated heterocycles. The first-order valence-corrected chi connectivity index (χ1v) is 9.33. The zero-order chi connectivity index (χ0) is 14.8. The topological polar surface area (TPSA) is 76.1 Å². The van der Waals surface area contributed by atoms with Crippen LogP contribution in [0.2, 0.25) is 0 Å². The third-order valence-corrected chi connectivity index (χ3v) is 6.71. The molecule has 1 N–H and O–H groups in total.